The standard InChI is InChI=1S/C26H34O6/c1-14-11-19-21-8-7-20(15(2)27)24(21,5)10-9-22(19)25(6)23(14)12-18(30)13-26(25,31-16(3)28)32-17(4)29/h12,19-22H,1,7-11,13H2,2-6H3/t19-,20+,21-,22-,24+,25+/m0/s1. The fourth-order valence-corrected chi connectivity index (χ4v) is 8.05. The molecule has 0 aromatic heterocycles. The Bertz CT molecular complexity index is 928. The van der Waals surface area contributed by atoms with Gasteiger partial charge in [-0.3, -0.25) is 19.2 Å². The van der Waals surface area contributed by atoms with Crippen LogP contribution < -0.4 is 0 Å². The molecule has 0 radical (unpaired) electrons. The van der Waals surface area contributed by atoms with Crippen LogP contribution in [0.25, 0.3) is 0 Å². The molecule has 0 amide bonds. The Morgan fingerprint density at radius 2 is 1.62 bits per heavy atom. The molecule has 0 N–H and O–H groups in total. The lowest BCUT2D eigenvalue weighted by molar-refractivity contribution is -0.281. The van der Waals surface area contributed by atoms with Gasteiger partial charge in [-0.15, -0.1) is 0 Å². The van der Waals surface area contributed by atoms with E-state index in [1.54, 1.807) is 13.0 Å². The number of esters is 2. The highest BCUT2D eigenvalue weighted by atomic mass is 16.7. The van der Waals surface area contributed by atoms with Gasteiger partial charge in [-0.25, -0.2) is 0 Å². The van der Waals surface area contributed by atoms with Gasteiger partial charge in [0.1, 0.15) is 5.78 Å². The van der Waals surface area contributed by atoms with Crippen LogP contribution in [0.1, 0.15) is 73.1 Å². The summed E-state index contributed by atoms with van der Waals surface area (Å²) in [5.74, 6) is -2.21. The van der Waals surface area contributed by atoms with Crippen molar-refractivity contribution in [3.05, 3.63) is 23.8 Å². The molecular weight excluding hydrogens is 408 g/mol. The average Bonchev–Trinajstić information content (AvgIpc) is 3.00. The smallest absolute Gasteiger partial charge is 0.305 e. The van der Waals surface area contributed by atoms with Gasteiger partial charge in [-0.1, -0.05) is 19.1 Å². The molecule has 0 unspecified atom stereocenters. The molecule has 3 fully saturated rings. The van der Waals surface area contributed by atoms with Crippen molar-refractivity contribution in [2.24, 2.45) is 34.5 Å². The van der Waals surface area contributed by atoms with Crippen molar-refractivity contribution in [1.82, 2.24) is 0 Å². The SMILES string of the molecule is C=C1C[C@H]2[C@@H]3CC[C@H](C(C)=O)[C@@]3(C)CC[C@@H]2[C@]2(C)C1=CC(=O)CC2(OC(C)=O)OC(C)=O. The molecule has 4 rings (SSSR count). The van der Waals surface area contributed by atoms with Crippen molar-refractivity contribution in [1.29, 1.82) is 0 Å². The first-order valence-corrected chi connectivity index (χ1v) is 11.7. The van der Waals surface area contributed by atoms with Crippen molar-refractivity contribution < 1.29 is 28.7 Å². The number of ketones is 2. The van der Waals surface area contributed by atoms with E-state index in [9.17, 15) is 19.2 Å². The van der Waals surface area contributed by atoms with Crippen LogP contribution in [-0.2, 0) is 28.7 Å². The summed E-state index contributed by atoms with van der Waals surface area (Å²) in [5.41, 5.74) is 0.623. The number of hydrogen-bond donors (Lipinski definition) is 0. The molecule has 174 valence electrons. The van der Waals surface area contributed by atoms with Crippen LogP contribution in [-0.4, -0.2) is 29.3 Å². The summed E-state index contributed by atoms with van der Waals surface area (Å²) in [6.07, 6.45) is 5.70. The maximum Gasteiger partial charge on any atom is 0.305 e. The van der Waals surface area contributed by atoms with E-state index in [-0.39, 0.29) is 41.2 Å². The topological polar surface area (TPSA) is 86.7 Å². The number of allylic oxidation sites excluding steroid dienone is 1. The number of carbonyl (C=O) groups is 4. The van der Waals surface area contributed by atoms with Crippen LogP contribution in [0.4, 0.5) is 0 Å². The van der Waals surface area contributed by atoms with E-state index < -0.39 is 23.1 Å². The fraction of sp³-hybridized carbons (Fsp3) is 0.692. The molecule has 4 aliphatic carbocycles. The van der Waals surface area contributed by atoms with Crippen LogP contribution in [0.15, 0.2) is 23.8 Å². The molecule has 4 aliphatic rings. The van der Waals surface area contributed by atoms with E-state index in [1.165, 1.54) is 13.8 Å². The minimum Gasteiger partial charge on any atom is -0.421 e. The highest BCUT2D eigenvalue weighted by Gasteiger charge is 2.69. The second kappa shape index (κ2) is 7.39. The Morgan fingerprint density at radius 1 is 1.00 bits per heavy atom. The van der Waals surface area contributed by atoms with Crippen molar-refractivity contribution in [3.8, 4) is 0 Å². The summed E-state index contributed by atoms with van der Waals surface area (Å²) < 4.78 is 11.6. The van der Waals surface area contributed by atoms with E-state index in [1.807, 2.05) is 6.92 Å². The van der Waals surface area contributed by atoms with E-state index in [2.05, 4.69) is 13.5 Å². The number of fused-ring (bicyclic) bond motifs is 5. The number of carbonyl (C=O) groups excluding carboxylic acids is 4. The third-order valence-electron chi connectivity index (χ3n) is 9.21. The van der Waals surface area contributed by atoms with Gasteiger partial charge in [0.15, 0.2) is 5.78 Å². The lowest BCUT2D eigenvalue weighted by atomic mass is 9.44. The Morgan fingerprint density at radius 3 is 2.19 bits per heavy atom. The first-order valence-electron chi connectivity index (χ1n) is 11.7. The normalized spacial score (nSPS) is 39.8. The van der Waals surface area contributed by atoms with Crippen LogP contribution in [0, 0.1) is 34.5 Å². The molecule has 6 nitrogen and oxygen atoms in total. The molecule has 6 heteroatoms. The van der Waals surface area contributed by atoms with Crippen molar-refractivity contribution in [2.45, 2.75) is 78.9 Å². The lowest BCUT2D eigenvalue weighted by Gasteiger charge is -2.62. The minimum atomic E-state index is -1.69. The van der Waals surface area contributed by atoms with Gasteiger partial charge in [0.05, 0.1) is 11.8 Å². The average molecular weight is 443 g/mol. The third-order valence-corrected chi connectivity index (χ3v) is 9.21. The predicted molar refractivity (Wildman–Crippen MR) is 117 cm³/mol. The van der Waals surface area contributed by atoms with Crippen LogP contribution in [0.5, 0.6) is 0 Å². The maximum absolute atomic E-state index is 12.8. The maximum atomic E-state index is 12.8. The zero-order valence-corrected chi connectivity index (χ0v) is 19.8. The molecule has 3 saturated carbocycles. The summed E-state index contributed by atoms with van der Waals surface area (Å²) >= 11 is 0. The van der Waals surface area contributed by atoms with Crippen LogP contribution >= 0.6 is 0 Å². The molecule has 0 spiro atoms. The Kier molecular flexibility index (Phi) is 5.30. The third kappa shape index (κ3) is 3.05. The lowest BCUT2D eigenvalue weighted by Crippen LogP contribution is -2.64. The second-order valence-electron chi connectivity index (χ2n) is 10.8. The number of ether oxygens (including phenoxy) is 2. The van der Waals surface area contributed by atoms with Crippen molar-refractivity contribution in [3.63, 3.8) is 0 Å². The molecule has 0 aromatic rings. The summed E-state index contributed by atoms with van der Waals surface area (Å²) in [5, 5.41) is 0. The van der Waals surface area contributed by atoms with Gasteiger partial charge in [-0.2, -0.15) is 0 Å². The van der Waals surface area contributed by atoms with Gasteiger partial charge in [0.2, 0.25) is 0 Å². The van der Waals surface area contributed by atoms with Crippen molar-refractivity contribution in [2.75, 3.05) is 0 Å². The summed E-state index contributed by atoms with van der Waals surface area (Å²) in [4.78, 5) is 49.6. The molecular formula is C26H34O6. The summed E-state index contributed by atoms with van der Waals surface area (Å²) in [7, 11) is 0. The second-order valence-corrected chi connectivity index (χ2v) is 10.8. The molecule has 32 heavy (non-hydrogen) atoms. The highest BCUT2D eigenvalue weighted by molar-refractivity contribution is 5.94. The quantitative estimate of drug-likeness (QED) is 0.478. The van der Waals surface area contributed by atoms with Gasteiger partial charge in [0, 0.05) is 19.8 Å². The number of Topliss-reactive ketones (excluding diaryl/α,β-unsaturated/α-hetero) is 1. The minimum absolute atomic E-state index is 0.0369. The molecule has 6 atom stereocenters. The van der Waals surface area contributed by atoms with Gasteiger partial charge in [-0.05, 0) is 80.8 Å². The van der Waals surface area contributed by atoms with Gasteiger partial charge in [0.25, 0.3) is 5.79 Å². The van der Waals surface area contributed by atoms with E-state index in [0.29, 0.717) is 5.92 Å². The summed E-state index contributed by atoms with van der Waals surface area (Å²) in [6.45, 7) is 12.8. The van der Waals surface area contributed by atoms with Crippen LogP contribution in [0.2, 0.25) is 0 Å². The van der Waals surface area contributed by atoms with Gasteiger partial charge >= 0.3 is 11.9 Å². The molecule has 0 bridgehead atoms. The predicted octanol–water partition coefficient (Wildman–Crippen LogP) is 4.32. The zero-order valence-electron chi connectivity index (χ0n) is 19.8. The fourth-order valence-electron chi connectivity index (χ4n) is 8.05. The first-order chi connectivity index (χ1) is 14.9. The highest BCUT2D eigenvalue weighted by Crippen LogP contribution is 2.69. The summed E-state index contributed by atoms with van der Waals surface area (Å²) in [6, 6.07) is 0. The molecule has 0 heterocycles. The van der Waals surface area contributed by atoms with E-state index in [4.69, 9.17) is 9.47 Å². The largest absolute Gasteiger partial charge is 0.421 e. The number of rotatable bonds is 3. The molecule has 0 aromatic carbocycles. The Labute approximate surface area is 189 Å². The molecule has 0 saturated heterocycles. The van der Waals surface area contributed by atoms with Gasteiger partial charge < -0.3 is 9.47 Å². The Balaban J connectivity index is 1.86. The van der Waals surface area contributed by atoms with Crippen LogP contribution in [0.3, 0.4) is 0 Å². The first kappa shape index (κ1) is 22.9. The molecule has 0 aliphatic heterocycles. The number of hydrogen-bond acceptors (Lipinski definition) is 6. The zero-order chi connectivity index (χ0) is 23.6. The van der Waals surface area contributed by atoms with E-state index >= 15 is 0 Å². The monoisotopic (exact) mass is 442 g/mol. The van der Waals surface area contributed by atoms with E-state index in [0.717, 1.165) is 43.3 Å². The van der Waals surface area contributed by atoms with Crippen molar-refractivity contribution >= 4 is 23.5 Å². The Hall–Kier alpha value is -2.24.